The van der Waals surface area contributed by atoms with Crippen molar-refractivity contribution in [2.45, 2.75) is 0 Å². The largest absolute Gasteiger partial charge is 0.453 e. The molecular formula is C12HBr2Cl5O. The fourth-order valence-electron chi connectivity index (χ4n) is 1.91. The smallest absolute Gasteiger partial charge is 0.157 e. The Morgan fingerprint density at radius 1 is 0.750 bits per heavy atom. The zero-order valence-corrected chi connectivity index (χ0v) is 16.1. The molecule has 3 rings (SSSR count). The molecule has 1 nitrogen and oxygen atoms in total. The fourth-order valence-corrected chi connectivity index (χ4v) is 3.97. The maximum Gasteiger partial charge on any atom is 0.157 e. The van der Waals surface area contributed by atoms with Gasteiger partial charge in [0.15, 0.2) is 11.2 Å². The van der Waals surface area contributed by atoms with E-state index in [0.717, 1.165) is 4.47 Å². The lowest BCUT2D eigenvalue weighted by molar-refractivity contribution is 0.669. The summed E-state index contributed by atoms with van der Waals surface area (Å²) in [5.41, 5.74) is 0.812. The normalized spacial score (nSPS) is 11.8. The van der Waals surface area contributed by atoms with Gasteiger partial charge in [-0.25, -0.2) is 0 Å². The van der Waals surface area contributed by atoms with Gasteiger partial charge in [-0.05, 0) is 37.9 Å². The third kappa shape index (κ3) is 2.10. The molecule has 0 atom stereocenters. The van der Waals surface area contributed by atoms with E-state index in [9.17, 15) is 0 Å². The lowest BCUT2D eigenvalue weighted by Crippen LogP contribution is -1.78. The summed E-state index contributed by atoms with van der Waals surface area (Å²) in [4.78, 5) is 0. The Balaban J connectivity index is 2.67. The third-order valence-corrected chi connectivity index (χ3v) is 7.17. The molecule has 0 aliphatic heterocycles. The predicted molar refractivity (Wildman–Crippen MR) is 94.2 cm³/mol. The molecule has 8 heteroatoms. The quantitative estimate of drug-likeness (QED) is 0.224. The van der Waals surface area contributed by atoms with Gasteiger partial charge in [0.25, 0.3) is 0 Å². The van der Waals surface area contributed by atoms with Gasteiger partial charge in [0, 0.05) is 9.86 Å². The number of hydrogen-bond donors (Lipinski definition) is 0. The van der Waals surface area contributed by atoms with Crippen molar-refractivity contribution in [2.24, 2.45) is 0 Å². The summed E-state index contributed by atoms with van der Waals surface area (Å²) in [5.74, 6) is 0. The van der Waals surface area contributed by atoms with E-state index in [-0.39, 0.29) is 20.1 Å². The highest BCUT2D eigenvalue weighted by Gasteiger charge is 2.23. The van der Waals surface area contributed by atoms with E-state index in [0.29, 0.717) is 31.4 Å². The number of fused-ring (bicyclic) bond motifs is 3. The fraction of sp³-hybridized carbons (Fsp3) is 0. The minimum absolute atomic E-state index is 0.152. The molecule has 0 N–H and O–H groups in total. The molecule has 2 aromatic carbocycles. The number of rotatable bonds is 0. The molecule has 0 amide bonds. The Kier molecular flexibility index (Phi) is 4.18. The van der Waals surface area contributed by atoms with E-state index < -0.39 is 0 Å². The van der Waals surface area contributed by atoms with Crippen LogP contribution in [0.5, 0.6) is 0 Å². The van der Waals surface area contributed by atoms with Crippen molar-refractivity contribution in [3.05, 3.63) is 40.1 Å². The second kappa shape index (κ2) is 5.38. The molecule has 20 heavy (non-hydrogen) atoms. The summed E-state index contributed by atoms with van der Waals surface area (Å²) < 4.78 is 7.16. The van der Waals surface area contributed by atoms with Crippen LogP contribution in [0.4, 0.5) is 0 Å². The van der Waals surface area contributed by atoms with Gasteiger partial charge in [-0.3, -0.25) is 0 Å². The zero-order valence-electron chi connectivity index (χ0n) is 9.13. The van der Waals surface area contributed by atoms with Crippen LogP contribution in [0, 0.1) is 0 Å². The second-order valence-corrected chi connectivity index (χ2v) is 7.46. The van der Waals surface area contributed by atoms with Gasteiger partial charge in [0.1, 0.15) is 5.02 Å². The Morgan fingerprint density at radius 2 is 1.35 bits per heavy atom. The lowest BCUT2D eigenvalue weighted by Gasteiger charge is -2.03. The van der Waals surface area contributed by atoms with Crippen LogP contribution in [0.15, 0.2) is 19.4 Å². The standard InChI is InChI=1S/C12HBr2Cl5O/c13-3-1-2-4-6(15)8(17)9(18)10(19)12(4)20-11(2)7(16)5(3)14/h1H. The summed E-state index contributed by atoms with van der Waals surface area (Å²) in [7, 11) is 0. The molecule has 0 saturated heterocycles. The molecule has 0 unspecified atom stereocenters. The molecule has 104 valence electrons. The van der Waals surface area contributed by atoms with Gasteiger partial charge in [0.05, 0.1) is 29.9 Å². The Morgan fingerprint density at radius 3 is 2.00 bits per heavy atom. The van der Waals surface area contributed by atoms with Crippen LogP contribution in [0.3, 0.4) is 0 Å². The van der Waals surface area contributed by atoms with Gasteiger partial charge in [-0.2, -0.15) is 0 Å². The van der Waals surface area contributed by atoms with Crippen LogP contribution in [0.1, 0.15) is 0 Å². The Hall–Kier alpha value is 0.650. The average Bonchev–Trinajstić information content (AvgIpc) is 2.80. The Bertz CT molecular complexity index is 887. The first-order chi connectivity index (χ1) is 9.34. The summed E-state index contributed by atoms with van der Waals surface area (Å²) in [5, 5.41) is 2.50. The summed E-state index contributed by atoms with van der Waals surface area (Å²) in [6, 6.07) is 1.82. The van der Waals surface area contributed by atoms with Crippen LogP contribution in [0.25, 0.3) is 21.9 Å². The minimum atomic E-state index is 0.152. The molecule has 0 radical (unpaired) electrons. The maximum absolute atomic E-state index is 6.26. The van der Waals surface area contributed by atoms with Crippen LogP contribution in [0.2, 0.25) is 25.1 Å². The number of hydrogen-bond acceptors (Lipinski definition) is 1. The summed E-state index contributed by atoms with van der Waals surface area (Å²) in [6.45, 7) is 0. The summed E-state index contributed by atoms with van der Waals surface area (Å²) in [6.07, 6.45) is 0. The molecule has 0 saturated carbocycles. The second-order valence-electron chi connectivity index (χ2n) is 3.93. The monoisotopic (exact) mass is 494 g/mol. The van der Waals surface area contributed by atoms with Crippen molar-refractivity contribution < 1.29 is 4.42 Å². The average molecular weight is 498 g/mol. The third-order valence-electron chi connectivity index (χ3n) is 2.81. The highest BCUT2D eigenvalue weighted by atomic mass is 79.9. The van der Waals surface area contributed by atoms with Crippen LogP contribution in [-0.2, 0) is 0 Å². The minimum Gasteiger partial charge on any atom is -0.453 e. The maximum atomic E-state index is 6.26. The van der Waals surface area contributed by atoms with Crippen LogP contribution >= 0.6 is 89.9 Å². The topological polar surface area (TPSA) is 13.1 Å². The highest BCUT2D eigenvalue weighted by molar-refractivity contribution is 9.13. The molecular weight excluding hydrogens is 497 g/mol. The van der Waals surface area contributed by atoms with Crippen molar-refractivity contribution in [1.29, 1.82) is 0 Å². The van der Waals surface area contributed by atoms with E-state index in [1.165, 1.54) is 0 Å². The highest BCUT2D eigenvalue weighted by Crippen LogP contribution is 2.49. The molecule has 0 bridgehead atoms. The van der Waals surface area contributed by atoms with E-state index in [2.05, 4.69) is 31.9 Å². The van der Waals surface area contributed by atoms with Crippen molar-refractivity contribution in [1.82, 2.24) is 0 Å². The van der Waals surface area contributed by atoms with Crippen molar-refractivity contribution in [3.63, 3.8) is 0 Å². The van der Waals surface area contributed by atoms with Crippen molar-refractivity contribution in [2.75, 3.05) is 0 Å². The van der Waals surface area contributed by atoms with Crippen LogP contribution < -0.4 is 0 Å². The van der Waals surface area contributed by atoms with Gasteiger partial charge < -0.3 is 4.42 Å². The lowest BCUT2D eigenvalue weighted by atomic mass is 10.1. The number of furan rings is 1. The first-order valence-corrected chi connectivity index (χ1v) is 8.53. The van der Waals surface area contributed by atoms with E-state index >= 15 is 0 Å². The molecule has 1 aromatic heterocycles. The molecule has 0 fully saturated rings. The van der Waals surface area contributed by atoms with Gasteiger partial charge in [0.2, 0.25) is 0 Å². The predicted octanol–water partition coefficient (Wildman–Crippen LogP) is 8.38. The molecule has 3 aromatic rings. The van der Waals surface area contributed by atoms with E-state index in [1.54, 1.807) is 0 Å². The number of halogens is 7. The van der Waals surface area contributed by atoms with E-state index in [1.807, 2.05) is 6.07 Å². The van der Waals surface area contributed by atoms with Gasteiger partial charge in [-0.15, -0.1) is 0 Å². The molecule has 1 heterocycles. The van der Waals surface area contributed by atoms with Gasteiger partial charge in [-0.1, -0.05) is 58.0 Å². The summed E-state index contributed by atoms with van der Waals surface area (Å²) >= 11 is 37.6. The van der Waals surface area contributed by atoms with Gasteiger partial charge >= 0.3 is 0 Å². The molecule has 0 spiro atoms. The van der Waals surface area contributed by atoms with Crippen molar-refractivity contribution >= 4 is 112 Å². The first kappa shape index (κ1) is 15.5. The SMILES string of the molecule is Clc1c(Cl)c(Cl)c2c(oc3c(Cl)c(Br)c(Br)cc32)c1Cl. The van der Waals surface area contributed by atoms with E-state index in [4.69, 9.17) is 62.4 Å². The Labute approximate surface area is 155 Å². The van der Waals surface area contributed by atoms with Crippen LogP contribution in [-0.4, -0.2) is 0 Å². The molecule has 0 aliphatic rings. The zero-order chi connectivity index (χ0) is 14.8. The van der Waals surface area contributed by atoms with Crippen molar-refractivity contribution in [3.8, 4) is 0 Å². The molecule has 0 aliphatic carbocycles. The first-order valence-electron chi connectivity index (χ1n) is 5.06. The number of benzene rings is 2.